The van der Waals surface area contributed by atoms with Crippen LogP contribution in [0.1, 0.15) is 15.9 Å². The number of carbonyl (C=O) groups is 1. The average Bonchev–Trinajstić information content (AvgIpc) is 2.18. The molecule has 0 radical (unpaired) electrons. The summed E-state index contributed by atoms with van der Waals surface area (Å²) < 4.78 is 10.5. The monoisotopic (exact) mass is 208 g/mol. The third-order valence-electron chi connectivity index (χ3n) is 2.72. The second-order valence-corrected chi connectivity index (χ2v) is 3.57. The zero-order chi connectivity index (χ0) is 10.9. The van der Waals surface area contributed by atoms with E-state index >= 15 is 0 Å². The Morgan fingerprint density at radius 3 is 2.33 bits per heavy atom. The largest absolute Gasteiger partial charge is 0.478 e. The molecular formula is C11H12O4. The maximum atomic E-state index is 10.7. The van der Waals surface area contributed by atoms with Crippen molar-refractivity contribution < 1.29 is 19.4 Å². The van der Waals surface area contributed by atoms with E-state index in [1.165, 1.54) is 0 Å². The van der Waals surface area contributed by atoms with E-state index in [1.54, 1.807) is 31.4 Å². The predicted octanol–water partition coefficient (Wildman–Crippen LogP) is 1.26. The van der Waals surface area contributed by atoms with Gasteiger partial charge in [0.2, 0.25) is 0 Å². The molecule has 1 aromatic carbocycles. The van der Waals surface area contributed by atoms with Gasteiger partial charge in [0.1, 0.15) is 5.60 Å². The Balaban J connectivity index is 2.26. The third kappa shape index (κ3) is 1.62. The lowest BCUT2D eigenvalue weighted by atomic mass is 9.91. The van der Waals surface area contributed by atoms with Gasteiger partial charge in [-0.15, -0.1) is 0 Å². The lowest BCUT2D eigenvalue weighted by Crippen LogP contribution is -2.48. The molecule has 15 heavy (non-hydrogen) atoms. The number of ether oxygens (including phenoxy) is 2. The number of aromatic carboxylic acids is 1. The fourth-order valence-corrected chi connectivity index (χ4v) is 1.61. The van der Waals surface area contributed by atoms with Crippen molar-refractivity contribution in [2.24, 2.45) is 0 Å². The van der Waals surface area contributed by atoms with Crippen LogP contribution < -0.4 is 0 Å². The molecule has 0 amide bonds. The van der Waals surface area contributed by atoms with Crippen LogP contribution in [0.25, 0.3) is 0 Å². The Labute approximate surface area is 87.4 Å². The van der Waals surface area contributed by atoms with E-state index in [1.807, 2.05) is 0 Å². The molecule has 1 saturated heterocycles. The molecule has 0 atom stereocenters. The van der Waals surface area contributed by atoms with Crippen LogP contribution in [0.3, 0.4) is 0 Å². The lowest BCUT2D eigenvalue weighted by molar-refractivity contribution is -0.202. The van der Waals surface area contributed by atoms with Gasteiger partial charge in [-0.3, -0.25) is 0 Å². The van der Waals surface area contributed by atoms with E-state index in [-0.39, 0.29) is 11.2 Å². The van der Waals surface area contributed by atoms with Crippen molar-refractivity contribution in [3.05, 3.63) is 35.4 Å². The number of carboxylic acid groups (broad SMARTS) is 1. The summed E-state index contributed by atoms with van der Waals surface area (Å²) in [5, 5.41) is 8.75. The second kappa shape index (κ2) is 3.64. The highest BCUT2D eigenvalue weighted by molar-refractivity contribution is 5.87. The van der Waals surface area contributed by atoms with Gasteiger partial charge in [0.15, 0.2) is 0 Å². The fraction of sp³-hybridized carbons (Fsp3) is 0.364. The maximum Gasteiger partial charge on any atom is 0.335 e. The molecule has 4 nitrogen and oxygen atoms in total. The van der Waals surface area contributed by atoms with E-state index in [4.69, 9.17) is 14.6 Å². The van der Waals surface area contributed by atoms with Gasteiger partial charge in [-0.1, -0.05) is 12.1 Å². The van der Waals surface area contributed by atoms with Gasteiger partial charge in [-0.05, 0) is 17.7 Å². The van der Waals surface area contributed by atoms with E-state index < -0.39 is 5.97 Å². The molecule has 0 aromatic heterocycles. The van der Waals surface area contributed by atoms with E-state index in [2.05, 4.69) is 0 Å². The number of methoxy groups -OCH3 is 1. The van der Waals surface area contributed by atoms with E-state index in [0.717, 1.165) is 5.56 Å². The minimum atomic E-state index is -0.919. The van der Waals surface area contributed by atoms with Gasteiger partial charge < -0.3 is 14.6 Å². The van der Waals surface area contributed by atoms with Crippen molar-refractivity contribution in [1.29, 1.82) is 0 Å². The molecule has 4 heteroatoms. The fourth-order valence-electron chi connectivity index (χ4n) is 1.61. The van der Waals surface area contributed by atoms with Crippen LogP contribution in [0.15, 0.2) is 24.3 Å². The highest BCUT2D eigenvalue weighted by Crippen LogP contribution is 2.32. The Hall–Kier alpha value is -1.39. The molecule has 0 unspecified atom stereocenters. The Morgan fingerprint density at radius 2 is 2.00 bits per heavy atom. The number of benzene rings is 1. The maximum absolute atomic E-state index is 10.7. The first-order chi connectivity index (χ1) is 7.18. The number of hydrogen-bond acceptors (Lipinski definition) is 3. The van der Waals surface area contributed by atoms with Crippen LogP contribution in [0.5, 0.6) is 0 Å². The van der Waals surface area contributed by atoms with Crippen molar-refractivity contribution in [1.82, 2.24) is 0 Å². The first-order valence-electron chi connectivity index (χ1n) is 4.65. The van der Waals surface area contributed by atoms with Crippen LogP contribution in [-0.2, 0) is 15.1 Å². The molecule has 1 fully saturated rings. The number of hydrogen-bond donors (Lipinski definition) is 1. The normalized spacial score (nSPS) is 18.2. The van der Waals surface area contributed by atoms with Crippen molar-refractivity contribution in [3.63, 3.8) is 0 Å². The molecular weight excluding hydrogens is 196 g/mol. The van der Waals surface area contributed by atoms with Crippen LogP contribution in [-0.4, -0.2) is 31.4 Å². The molecule has 1 aliphatic heterocycles. The number of rotatable bonds is 3. The minimum Gasteiger partial charge on any atom is -0.478 e. The van der Waals surface area contributed by atoms with E-state index in [9.17, 15) is 4.79 Å². The lowest BCUT2D eigenvalue weighted by Gasteiger charge is -2.40. The zero-order valence-corrected chi connectivity index (χ0v) is 8.40. The summed E-state index contributed by atoms with van der Waals surface area (Å²) in [5.74, 6) is -0.919. The second-order valence-electron chi connectivity index (χ2n) is 3.57. The molecule has 0 saturated carbocycles. The summed E-state index contributed by atoms with van der Waals surface area (Å²) in [6.07, 6.45) is 0. The van der Waals surface area contributed by atoms with Gasteiger partial charge in [-0.25, -0.2) is 4.79 Å². The summed E-state index contributed by atoms with van der Waals surface area (Å²) in [4.78, 5) is 10.7. The van der Waals surface area contributed by atoms with Crippen LogP contribution in [0.2, 0.25) is 0 Å². The van der Waals surface area contributed by atoms with Crippen molar-refractivity contribution >= 4 is 5.97 Å². The molecule has 2 rings (SSSR count). The SMILES string of the molecule is COC1(c2ccc(C(=O)O)cc2)COC1. The minimum absolute atomic E-state index is 0.283. The summed E-state index contributed by atoms with van der Waals surface area (Å²) in [5.41, 5.74) is 0.864. The first-order valence-corrected chi connectivity index (χ1v) is 4.65. The molecule has 1 N–H and O–H groups in total. The van der Waals surface area contributed by atoms with E-state index in [0.29, 0.717) is 13.2 Å². The molecule has 0 spiro atoms. The molecule has 1 aromatic rings. The van der Waals surface area contributed by atoms with Crippen molar-refractivity contribution in [2.75, 3.05) is 20.3 Å². The van der Waals surface area contributed by atoms with Gasteiger partial charge in [0, 0.05) is 7.11 Å². The first kappa shape index (κ1) is 10.1. The van der Waals surface area contributed by atoms with Gasteiger partial charge >= 0.3 is 5.97 Å². The molecule has 80 valence electrons. The standard InChI is InChI=1S/C11H12O4/c1-14-11(6-15-7-11)9-4-2-8(3-5-9)10(12)13/h2-5H,6-7H2,1H3,(H,12,13). The zero-order valence-electron chi connectivity index (χ0n) is 8.40. The summed E-state index contributed by atoms with van der Waals surface area (Å²) in [6, 6.07) is 6.71. The summed E-state index contributed by atoms with van der Waals surface area (Å²) >= 11 is 0. The molecule has 0 bridgehead atoms. The van der Waals surface area contributed by atoms with Gasteiger partial charge in [0.25, 0.3) is 0 Å². The average molecular weight is 208 g/mol. The quantitative estimate of drug-likeness (QED) is 0.812. The van der Waals surface area contributed by atoms with Crippen molar-refractivity contribution in [2.45, 2.75) is 5.60 Å². The third-order valence-corrected chi connectivity index (χ3v) is 2.72. The Kier molecular flexibility index (Phi) is 2.46. The molecule has 1 aliphatic rings. The highest BCUT2D eigenvalue weighted by Gasteiger charge is 2.40. The predicted molar refractivity (Wildman–Crippen MR) is 52.9 cm³/mol. The topological polar surface area (TPSA) is 55.8 Å². The summed E-state index contributed by atoms with van der Waals surface area (Å²) in [7, 11) is 1.63. The van der Waals surface area contributed by atoms with Crippen LogP contribution in [0.4, 0.5) is 0 Å². The summed E-state index contributed by atoms with van der Waals surface area (Å²) in [6.45, 7) is 1.05. The van der Waals surface area contributed by atoms with Crippen LogP contribution >= 0.6 is 0 Å². The Morgan fingerprint density at radius 1 is 1.40 bits per heavy atom. The van der Waals surface area contributed by atoms with Gasteiger partial charge in [0.05, 0.1) is 18.8 Å². The smallest absolute Gasteiger partial charge is 0.335 e. The van der Waals surface area contributed by atoms with Crippen LogP contribution in [0, 0.1) is 0 Å². The highest BCUT2D eigenvalue weighted by atomic mass is 16.6. The Bertz CT molecular complexity index is 359. The molecule has 0 aliphatic carbocycles. The molecule has 1 heterocycles. The number of carboxylic acids is 1. The van der Waals surface area contributed by atoms with Crippen molar-refractivity contribution in [3.8, 4) is 0 Å². The van der Waals surface area contributed by atoms with Gasteiger partial charge in [-0.2, -0.15) is 0 Å².